The van der Waals surface area contributed by atoms with E-state index in [9.17, 15) is 4.79 Å². The fraction of sp³-hybridized carbons (Fsp3) is 0.933. The van der Waals surface area contributed by atoms with Gasteiger partial charge in [-0.2, -0.15) is 0 Å². The maximum absolute atomic E-state index is 12.1. The normalized spacial score (nSPS) is 30.5. The van der Waals surface area contributed by atoms with Crippen molar-refractivity contribution in [1.82, 2.24) is 5.32 Å². The van der Waals surface area contributed by atoms with E-state index in [-0.39, 0.29) is 12.1 Å². The lowest BCUT2D eigenvalue weighted by molar-refractivity contribution is -0.149. The number of nitrogens with one attached hydrogen (secondary N) is 1. The summed E-state index contributed by atoms with van der Waals surface area (Å²) in [5.41, 5.74) is -0.481. The Balaban J connectivity index is 1.82. The molecule has 2 atom stereocenters. The molecule has 2 fully saturated rings. The van der Waals surface area contributed by atoms with Crippen molar-refractivity contribution < 1.29 is 14.3 Å². The van der Waals surface area contributed by atoms with Gasteiger partial charge in [-0.3, -0.25) is 10.1 Å². The summed E-state index contributed by atoms with van der Waals surface area (Å²) in [7, 11) is 1.48. The molecule has 0 bridgehead atoms. The topological polar surface area (TPSA) is 47.6 Å². The van der Waals surface area contributed by atoms with Crippen LogP contribution in [-0.4, -0.2) is 37.4 Å². The number of unbranched alkanes of at least 4 members (excludes halogenated alkanes) is 2. The molecule has 0 radical (unpaired) electrons. The highest BCUT2D eigenvalue weighted by molar-refractivity contribution is 5.81. The van der Waals surface area contributed by atoms with Gasteiger partial charge < -0.3 is 9.47 Å². The van der Waals surface area contributed by atoms with Crippen LogP contribution in [0.2, 0.25) is 0 Å². The van der Waals surface area contributed by atoms with Crippen molar-refractivity contribution in [3.05, 3.63) is 0 Å². The first-order chi connectivity index (χ1) is 9.20. The average molecular weight is 269 g/mol. The standard InChI is InChI=1S/C15H27NO3/c1-3-4-5-10-19-13-8-9-15(11-13,14(17)18-2)16-12-6-7-12/h12-13,16H,3-11H2,1-2H3. The first-order valence-corrected chi connectivity index (χ1v) is 7.68. The van der Waals surface area contributed by atoms with Crippen LogP contribution < -0.4 is 5.32 Å². The van der Waals surface area contributed by atoms with Gasteiger partial charge in [-0.25, -0.2) is 0 Å². The van der Waals surface area contributed by atoms with E-state index in [1.165, 1.54) is 32.8 Å². The number of carbonyl (C=O) groups is 1. The summed E-state index contributed by atoms with van der Waals surface area (Å²) in [6, 6.07) is 0.512. The Hall–Kier alpha value is -0.610. The molecule has 2 aliphatic rings. The van der Waals surface area contributed by atoms with Crippen LogP contribution in [0.5, 0.6) is 0 Å². The fourth-order valence-electron chi connectivity index (χ4n) is 2.93. The molecule has 0 aliphatic heterocycles. The van der Waals surface area contributed by atoms with E-state index in [0.717, 1.165) is 32.3 Å². The summed E-state index contributed by atoms with van der Waals surface area (Å²) in [4.78, 5) is 12.1. The first kappa shape index (κ1) is 14.8. The van der Waals surface area contributed by atoms with E-state index in [0.29, 0.717) is 6.04 Å². The zero-order chi connectivity index (χ0) is 13.7. The number of methoxy groups -OCH3 is 1. The second kappa shape index (κ2) is 6.71. The van der Waals surface area contributed by atoms with Crippen LogP contribution in [0.1, 0.15) is 58.3 Å². The third-order valence-corrected chi connectivity index (χ3v) is 4.20. The minimum Gasteiger partial charge on any atom is -0.468 e. The van der Waals surface area contributed by atoms with Gasteiger partial charge in [0.05, 0.1) is 13.2 Å². The first-order valence-electron chi connectivity index (χ1n) is 7.68. The molecular formula is C15H27NO3. The number of rotatable bonds is 8. The Morgan fingerprint density at radius 2 is 2.11 bits per heavy atom. The van der Waals surface area contributed by atoms with Crippen LogP contribution in [0.3, 0.4) is 0 Å². The minimum atomic E-state index is -0.481. The predicted molar refractivity (Wildman–Crippen MR) is 74.0 cm³/mol. The van der Waals surface area contributed by atoms with Crippen molar-refractivity contribution in [2.75, 3.05) is 13.7 Å². The smallest absolute Gasteiger partial charge is 0.326 e. The molecule has 2 rings (SSSR count). The molecule has 0 aromatic carbocycles. The van der Waals surface area contributed by atoms with Gasteiger partial charge in [-0.1, -0.05) is 19.8 Å². The Morgan fingerprint density at radius 3 is 2.74 bits per heavy atom. The Bertz CT molecular complexity index is 304. The number of esters is 1. The van der Waals surface area contributed by atoms with E-state index in [4.69, 9.17) is 9.47 Å². The van der Waals surface area contributed by atoms with Crippen LogP contribution in [0, 0.1) is 0 Å². The van der Waals surface area contributed by atoms with Crippen LogP contribution in [0.15, 0.2) is 0 Å². The van der Waals surface area contributed by atoms with Gasteiger partial charge in [0, 0.05) is 19.1 Å². The Morgan fingerprint density at radius 1 is 1.32 bits per heavy atom. The van der Waals surface area contributed by atoms with Crippen molar-refractivity contribution >= 4 is 5.97 Å². The lowest BCUT2D eigenvalue weighted by Gasteiger charge is -2.27. The molecule has 110 valence electrons. The van der Waals surface area contributed by atoms with E-state index >= 15 is 0 Å². The van der Waals surface area contributed by atoms with Crippen LogP contribution in [0.25, 0.3) is 0 Å². The molecule has 0 amide bonds. The third-order valence-electron chi connectivity index (χ3n) is 4.20. The summed E-state index contributed by atoms with van der Waals surface area (Å²) in [6.07, 6.45) is 8.69. The molecule has 0 spiro atoms. The number of hydrogen-bond acceptors (Lipinski definition) is 4. The van der Waals surface area contributed by atoms with Gasteiger partial charge in [-0.05, 0) is 32.1 Å². The lowest BCUT2D eigenvalue weighted by atomic mass is 9.97. The van der Waals surface area contributed by atoms with Crippen molar-refractivity contribution in [3.63, 3.8) is 0 Å². The van der Waals surface area contributed by atoms with E-state index < -0.39 is 5.54 Å². The number of hydrogen-bond donors (Lipinski definition) is 1. The molecule has 4 nitrogen and oxygen atoms in total. The van der Waals surface area contributed by atoms with E-state index in [1.807, 2.05) is 0 Å². The molecule has 0 aromatic rings. The van der Waals surface area contributed by atoms with Crippen molar-refractivity contribution in [2.24, 2.45) is 0 Å². The highest BCUT2D eigenvalue weighted by atomic mass is 16.5. The molecule has 1 N–H and O–H groups in total. The monoisotopic (exact) mass is 269 g/mol. The molecule has 2 saturated carbocycles. The minimum absolute atomic E-state index is 0.112. The molecule has 2 unspecified atom stereocenters. The molecule has 4 heteroatoms. The molecule has 0 heterocycles. The van der Waals surface area contributed by atoms with Gasteiger partial charge in [0.1, 0.15) is 5.54 Å². The third kappa shape index (κ3) is 3.93. The summed E-state index contributed by atoms with van der Waals surface area (Å²) in [5.74, 6) is -0.112. The predicted octanol–water partition coefficient (Wildman–Crippen LogP) is 2.41. The molecule has 19 heavy (non-hydrogen) atoms. The van der Waals surface area contributed by atoms with Crippen molar-refractivity contribution in [2.45, 2.75) is 76.0 Å². The van der Waals surface area contributed by atoms with Gasteiger partial charge in [-0.15, -0.1) is 0 Å². The highest BCUT2D eigenvalue weighted by Gasteiger charge is 2.49. The Kier molecular flexibility index (Phi) is 5.22. The number of carbonyl (C=O) groups excluding carboxylic acids is 1. The molecular weight excluding hydrogens is 242 g/mol. The molecule has 0 aromatic heterocycles. The van der Waals surface area contributed by atoms with Crippen LogP contribution >= 0.6 is 0 Å². The van der Waals surface area contributed by atoms with Gasteiger partial charge in [0.2, 0.25) is 0 Å². The molecule has 0 saturated heterocycles. The van der Waals surface area contributed by atoms with Crippen molar-refractivity contribution in [1.29, 1.82) is 0 Å². The average Bonchev–Trinajstić information content (AvgIpc) is 3.13. The lowest BCUT2D eigenvalue weighted by Crippen LogP contribution is -2.52. The van der Waals surface area contributed by atoms with Gasteiger partial charge in [0.15, 0.2) is 0 Å². The highest BCUT2D eigenvalue weighted by Crippen LogP contribution is 2.36. The zero-order valence-corrected chi connectivity index (χ0v) is 12.2. The zero-order valence-electron chi connectivity index (χ0n) is 12.2. The Labute approximate surface area is 116 Å². The maximum Gasteiger partial charge on any atom is 0.326 e. The number of ether oxygens (including phenoxy) is 2. The second-order valence-corrected chi connectivity index (χ2v) is 5.94. The van der Waals surface area contributed by atoms with E-state index in [2.05, 4.69) is 12.2 Å². The van der Waals surface area contributed by atoms with Crippen molar-refractivity contribution in [3.8, 4) is 0 Å². The summed E-state index contributed by atoms with van der Waals surface area (Å²) in [5, 5.41) is 3.49. The van der Waals surface area contributed by atoms with Crippen LogP contribution in [0.4, 0.5) is 0 Å². The fourth-order valence-corrected chi connectivity index (χ4v) is 2.93. The quantitative estimate of drug-likeness (QED) is 0.543. The molecule has 2 aliphatic carbocycles. The largest absolute Gasteiger partial charge is 0.468 e. The summed E-state index contributed by atoms with van der Waals surface area (Å²) >= 11 is 0. The SMILES string of the molecule is CCCCCOC1CCC(NC2CC2)(C(=O)OC)C1. The second-order valence-electron chi connectivity index (χ2n) is 5.94. The summed E-state index contributed by atoms with van der Waals surface area (Å²) < 4.78 is 10.9. The van der Waals surface area contributed by atoms with Crippen LogP contribution in [-0.2, 0) is 14.3 Å². The van der Waals surface area contributed by atoms with Gasteiger partial charge >= 0.3 is 5.97 Å². The maximum atomic E-state index is 12.1. The van der Waals surface area contributed by atoms with E-state index in [1.54, 1.807) is 0 Å². The van der Waals surface area contributed by atoms with Gasteiger partial charge in [0.25, 0.3) is 0 Å². The summed E-state index contributed by atoms with van der Waals surface area (Å²) in [6.45, 7) is 3.01.